The Bertz CT molecular complexity index is 1830. The molecule has 0 aliphatic carbocycles. The Balaban J connectivity index is 0.000000199. The third kappa shape index (κ3) is 6.70. The van der Waals surface area contributed by atoms with E-state index in [0.717, 1.165) is 22.5 Å². The van der Waals surface area contributed by atoms with E-state index in [-0.39, 0.29) is 25.9 Å². The van der Waals surface area contributed by atoms with Crippen molar-refractivity contribution in [1.82, 2.24) is 15.0 Å². The summed E-state index contributed by atoms with van der Waals surface area (Å²) < 4.78 is 42.2. The first-order valence-corrected chi connectivity index (χ1v) is 16.7. The number of hydrogen-bond donors (Lipinski definition) is 0. The van der Waals surface area contributed by atoms with E-state index in [4.69, 9.17) is 8.53 Å². The molecule has 2 aromatic carbocycles. The first-order chi connectivity index (χ1) is 20.3. The Morgan fingerprint density at radius 1 is 0.927 bits per heavy atom. The van der Waals surface area contributed by atoms with Crippen LogP contribution >= 0.6 is 0 Å². The molecule has 4 heterocycles. The molecule has 0 saturated carbocycles. The zero-order valence-electron chi connectivity index (χ0n) is 26.5. The second-order valence-electron chi connectivity index (χ2n) is 11.0. The van der Waals surface area contributed by atoms with Gasteiger partial charge in [0.2, 0.25) is 5.71 Å². The molecule has 41 heavy (non-hydrogen) atoms. The maximum Gasteiger partial charge on any atom is 0.216 e. The van der Waals surface area contributed by atoms with E-state index in [2.05, 4.69) is 66.6 Å². The molecule has 0 spiro atoms. The maximum absolute atomic E-state index is 14.3. The van der Waals surface area contributed by atoms with Gasteiger partial charge in [-0.3, -0.25) is 4.39 Å². The zero-order chi connectivity index (χ0) is 30.9. The fourth-order valence-electron chi connectivity index (χ4n) is 4.33. The summed E-state index contributed by atoms with van der Waals surface area (Å²) in [4.78, 5) is 13.1. The molecule has 0 bridgehead atoms. The number of fused-ring (bicyclic) bond motifs is 3. The number of pyridine rings is 3. The second-order valence-corrected chi connectivity index (χ2v) is 16.1. The van der Waals surface area contributed by atoms with Gasteiger partial charge in [0.1, 0.15) is 0 Å². The van der Waals surface area contributed by atoms with Crippen LogP contribution in [-0.4, -0.2) is 23.0 Å². The van der Waals surface area contributed by atoms with Crippen LogP contribution in [0, 0.1) is 24.8 Å². The Morgan fingerprint density at radius 3 is 2.41 bits per heavy atom. The van der Waals surface area contributed by atoms with Gasteiger partial charge in [-0.25, -0.2) is 4.98 Å². The number of aryl methyl sites for hydroxylation is 1. The normalized spacial score (nSPS) is 12.7. The summed E-state index contributed by atoms with van der Waals surface area (Å²) in [6.45, 7) is 9.00. The number of aromatic nitrogens is 3. The van der Waals surface area contributed by atoms with E-state index >= 15 is 0 Å². The Kier molecular flexibility index (Phi) is 8.08. The number of rotatable bonds is 4. The summed E-state index contributed by atoms with van der Waals surface area (Å²) in [6.07, 6.45) is 5.31. The van der Waals surface area contributed by atoms with E-state index in [9.17, 15) is 4.39 Å². The minimum Gasteiger partial charge on any atom is -0.486 e. The van der Waals surface area contributed by atoms with Crippen LogP contribution in [0.3, 0.4) is 0 Å². The van der Waals surface area contributed by atoms with Crippen molar-refractivity contribution >= 4 is 35.3 Å². The molecule has 211 valence electrons. The molecule has 6 rings (SSSR count). The Morgan fingerprint density at radius 2 is 1.76 bits per heavy atom. The molecule has 0 aliphatic rings. The second kappa shape index (κ2) is 12.6. The van der Waals surface area contributed by atoms with Crippen molar-refractivity contribution in [2.45, 2.75) is 46.3 Å². The van der Waals surface area contributed by atoms with Crippen LogP contribution < -0.4 is 5.19 Å². The molecule has 0 atom stereocenters. The zero-order valence-corrected chi connectivity index (χ0v) is 26.9. The van der Waals surface area contributed by atoms with Crippen molar-refractivity contribution in [2.75, 3.05) is 0 Å². The summed E-state index contributed by atoms with van der Waals surface area (Å²) >= 11 is 0. The number of halogens is 1. The molecule has 4 nitrogen and oxygen atoms in total. The van der Waals surface area contributed by atoms with Gasteiger partial charge < -0.3 is 14.4 Å². The minimum atomic E-state index is -2.08. The van der Waals surface area contributed by atoms with Gasteiger partial charge >= 0.3 is 0 Å². The number of benzene rings is 2. The standard InChI is InChI=1S/C19H14FN2O.C15H18NSi.Ir/c1-11(2)12-7-9-21-16(10-12)13-5-6-15(20)17-14-4-3-8-22-19(14)23-18(13)17;1-12-5-7-13(8-6-12)15-10-9-14(11-16-15)17(2,3)4;/h3-4,6-11H,1-2H3;5-7,9-11H,1-4H3;/q2*-1;/i;1D3;. The first-order valence-electron chi connectivity index (χ1n) is 14.7. The van der Waals surface area contributed by atoms with E-state index in [1.54, 1.807) is 36.7 Å². The quantitative estimate of drug-likeness (QED) is 0.134. The summed E-state index contributed by atoms with van der Waals surface area (Å²) in [5, 5.41) is 2.40. The van der Waals surface area contributed by atoms with Crippen LogP contribution in [0.25, 0.3) is 44.6 Å². The van der Waals surface area contributed by atoms with Gasteiger partial charge in [-0.15, -0.1) is 47.5 Å². The molecule has 0 saturated heterocycles. The van der Waals surface area contributed by atoms with Gasteiger partial charge in [-0.1, -0.05) is 69.7 Å². The van der Waals surface area contributed by atoms with Crippen molar-refractivity contribution in [3.63, 3.8) is 0 Å². The van der Waals surface area contributed by atoms with Crippen LogP contribution in [0.5, 0.6) is 0 Å². The maximum atomic E-state index is 14.3. The smallest absolute Gasteiger partial charge is 0.216 e. The van der Waals surface area contributed by atoms with Crippen molar-refractivity contribution < 1.29 is 33.0 Å². The van der Waals surface area contributed by atoms with Gasteiger partial charge in [0, 0.05) is 54.0 Å². The number of hydrogen-bond acceptors (Lipinski definition) is 4. The van der Waals surface area contributed by atoms with Gasteiger partial charge in [0.25, 0.3) is 0 Å². The molecular formula is C34H32FIrN3OSi-2. The van der Waals surface area contributed by atoms with E-state index in [0.29, 0.717) is 39.1 Å². The van der Waals surface area contributed by atoms with Gasteiger partial charge in [0.15, 0.2) is 0 Å². The Labute approximate surface area is 259 Å². The van der Waals surface area contributed by atoms with E-state index in [1.807, 2.05) is 24.4 Å². The van der Waals surface area contributed by atoms with Crippen LogP contribution in [-0.2, 0) is 20.1 Å². The van der Waals surface area contributed by atoms with Crippen molar-refractivity contribution in [3.8, 4) is 22.5 Å². The average molecular weight is 741 g/mol. The Hall–Kier alpha value is -3.51. The fraction of sp³-hybridized carbons (Fsp3) is 0.206. The predicted octanol–water partition coefficient (Wildman–Crippen LogP) is 8.51. The molecule has 0 N–H and O–H groups in total. The summed E-state index contributed by atoms with van der Waals surface area (Å²) in [5.41, 5.74) is 5.34. The minimum absolute atomic E-state index is 0. The van der Waals surface area contributed by atoms with E-state index < -0.39 is 14.9 Å². The van der Waals surface area contributed by atoms with Crippen LogP contribution in [0.1, 0.15) is 35.0 Å². The molecule has 0 unspecified atom stereocenters. The molecule has 0 fully saturated rings. The van der Waals surface area contributed by atoms with Crippen LogP contribution in [0.4, 0.5) is 4.39 Å². The topological polar surface area (TPSA) is 51.8 Å². The van der Waals surface area contributed by atoms with Crippen LogP contribution in [0.15, 0.2) is 83.7 Å². The average Bonchev–Trinajstić information content (AvgIpc) is 3.37. The monoisotopic (exact) mass is 741 g/mol. The first kappa shape index (κ1) is 26.4. The van der Waals surface area contributed by atoms with Gasteiger partial charge in [-0.2, -0.15) is 0 Å². The molecule has 4 aromatic heterocycles. The third-order valence-corrected chi connectivity index (χ3v) is 8.73. The molecule has 0 aliphatic heterocycles. The van der Waals surface area contributed by atoms with Crippen molar-refractivity contribution in [1.29, 1.82) is 0 Å². The van der Waals surface area contributed by atoms with Gasteiger partial charge in [0.05, 0.1) is 13.7 Å². The van der Waals surface area contributed by atoms with Gasteiger partial charge in [-0.05, 0) is 46.1 Å². The molecular weight excluding hydrogens is 706 g/mol. The molecule has 1 radical (unpaired) electrons. The number of furan rings is 1. The van der Waals surface area contributed by atoms with E-state index in [1.165, 1.54) is 17.3 Å². The molecule has 7 heteroatoms. The summed E-state index contributed by atoms with van der Waals surface area (Å²) in [7, 11) is -1.34. The summed E-state index contributed by atoms with van der Waals surface area (Å²) in [5.74, 6) is 0.0144. The fourth-order valence-corrected chi connectivity index (χ4v) is 5.37. The van der Waals surface area contributed by atoms with Crippen LogP contribution in [0.2, 0.25) is 19.6 Å². The largest absolute Gasteiger partial charge is 0.486 e. The molecule has 6 aromatic rings. The summed E-state index contributed by atoms with van der Waals surface area (Å²) in [6, 6.07) is 23.9. The SMILES string of the molecule is CC(C)c1ccnc(-c2[c-]cc(F)c3c2oc2ncccc23)c1.[2H]C([2H])([2H])c1c[c-]c(-c2ccc([Si](C)(C)C)cn2)cc1.[Ir]. The third-order valence-electron chi connectivity index (χ3n) is 6.70. The van der Waals surface area contributed by atoms with Crippen molar-refractivity contribution in [2.24, 2.45) is 0 Å². The number of nitrogens with zero attached hydrogens (tertiary/aromatic N) is 3. The van der Waals surface area contributed by atoms with Crippen molar-refractivity contribution in [3.05, 3.63) is 108 Å². The predicted molar refractivity (Wildman–Crippen MR) is 164 cm³/mol. The molecule has 0 amide bonds.